The maximum Gasteiger partial charge on any atom is 0.261 e. The topological polar surface area (TPSA) is 70.9 Å². The maximum absolute atomic E-state index is 12.8. The third-order valence-electron chi connectivity index (χ3n) is 4.48. The average Bonchev–Trinajstić information content (AvgIpc) is 2.64. The van der Waals surface area contributed by atoms with Crippen LogP contribution >= 0.6 is 23.2 Å². The van der Waals surface area contributed by atoms with Gasteiger partial charge in [-0.15, -0.1) is 0 Å². The van der Waals surface area contributed by atoms with Crippen LogP contribution in [-0.2, 0) is 10.0 Å². The van der Waals surface area contributed by atoms with Crippen LogP contribution in [0.2, 0.25) is 10.0 Å². The summed E-state index contributed by atoms with van der Waals surface area (Å²) in [5.41, 5.74) is 0.569. The first-order chi connectivity index (χ1) is 12.8. The van der Waals surface area contributed by atoms with Crippen molar-refractivity contribution >= 4 is 44.8 Å². The van der Waals surface area contributed by atoms with Crippen molar-refractivity contribution in [3.8, 4) is 0 Å². The van der Waals surface area contributed by atoms with Crippen molar-refractivity contribution in [1.82, 2.24) is 4.90 Å². The highest BCUT2D eigenvalue weighted by Gasteiger charge is 2.26. The molecule has 2 N–H and O–H groups in total. The highest BCUT2D eigenvalue weighted by molar-refractivity contribution is 7.92. The van der Waals surface area contributed by atoms with Gasteiger partial charge in [0.05, 0.1) is 48.7 Å². The first-order valence-electron chi connectivity index (χ1n) is 8.45. The number of hydrogen-bond donors (Lipinski definition) is 2. The second kappa shape index (κ2) is 8.06. The minimum absolute atomic E-state index is 0.0232. The molecule has 2 aromatic carbocycles. The second-order valence-corrected chi connectivity index (χ2v) is 9.03. The summed E-state index contributed by atoms with van der Waals surface area (Å²) in [6.07, 6.45) is 0. The molecule has 27 heavy (non-hydrogen) atoms. The minimum atomic E-state index is -3.87. The van der Waals surface area contributed by atoms with Crippen LogP contribution in [0.3, 0.4) is 0 Å². The van der Waals surface area contributed by atoms with Crippen molar-refractivity contribution in [1.29, 1.82) is 0 Å². The van der Waals surface area contributed by atoms with Gasteiger partial charge in [-0.1, -0.05) is 23.2 Å². The molecule has 1 aliphatic rings. The maximum atomic E-state index is 12.8. The highest BCUT2D eigenvalue weighted by Crippen LogP contribution is 2.24. The molecule has 1 fully saturated rings. The number of halogens is 2. The summed E-state index contributed by atoms with van der Waals surface area (Å²) in [4.78, 5) is 15.8. The highest BCUT2D eigenvalue weighted by atomic mass is 35.5. The Balaban J connectivity index is 1.85. The van der Waals surface area contributed by atoms with E-state index in [0.717, 1.165) is 13.1 Å². The summed E-state index contributed by atoms with van der Waals surface area (Å²) in [6.45, 7) is 2.92. The molecule has 0 radical (unpaired) electrons. The van der Waals surface area contributed by atoms with Gasteiger partial charge in [-0.2, -0.15) is 0 Å². The Hall–Kier alpha value is -1.80. The molecule has 1 heterocycles. The standard InChI is InChI=1S/C18H19Cl2N3O3S/c1-22-8-10-23(11-9-22)18(24)16-12-15(6-7-17(16)20)27(25,26)21-14-4-2-13(19)3-5-14/h2-7,12,21H,8-11H2,1H3/p+1. The Morgan fingerprint density at radius 3 is 2.33 bits per heavy atom. The van der Waals surface area contributed by atoms with Crippen molar-refractivity contribution in [2.45, 2.75) is 4.90 Å². The van der Waals surface area contributed by atoms with Gasteiger partial charge in [0, 0.05) is 10.7 Å². The van der Waals surface area contributed by atoms with Crippen LogP contribution in [0.5, 0.6) is 0 Å². The van der Waals surface area contributed by atoms with Gasteiger partial charge in [-0.05, 0) is 42.5 Å². The lowest BCUT2D eigenvalue weighted by Crippen LogP contribution is -3.12. The Kier molecular flexibility index (Phi) is 5.95. The molecular weight excluding hydrogens is 409 g/mol. The molecule has 144 valence electrons. The van der Waals surface area contributed by atoms with Crippen LogP contribution in [-0.4, -0.2) is 52.5 Å². The van der Waals surface area contributed by atoms with Gasteiger partial charge in [0.15, 0.2) is 0 Å². The lowest BCUT2D eigenvalue weighted by atomic mass is 10.2. The fourth-order valence-corrected chi connectivity index (χ4v) is 4.24. The van der Waals surface area contributed by atoms with Crippen LogP contribution in [0, 0.1) is 0 Å². The van der Waals surface area contributed by atoms with Crippen molar-refractivity contribution < 1.29 is 18.1 Å². The first-order valence-corrected chi connectivity index (χ1v) is 10.7. The van der Waals surface area contributed by atoms with E-state index in [1.54, 1.807) is 29.2 Å². The third-order valence-corrected chi connectivity index (χ3v) is 6.44. The van der Waals surface area contributed by atoms with E-state index in [-0.39, 0.29) is 21.4 Å². The number of benzene rings is 2. The van der Waals surface area contributed by atoms with E-state index in [2.05, 4.69) is 11.8 Å². The zero-order valence-electron chi connectivity index (χ0n) is 14.7. The number of anilines is 1. The zero-order chi connectivity index (χ0) is 19.6. The van der Waals surface area contributed by atoms with E-state index in [4.69, 9.17) is 23.2 Å². The van der Waals surface area contributed by atoms with Gasteiger partial charge in [0.1, 0.15) is 0 Å². The molecule has 1 aliphatic heterocycles. The number of carbonyl (C=O) groups excluding carboxylic acids is 1. The largest absolute Gasteiger partial charge is 0.334 e. The predicted molar refractivity (Wildman–Crippen MR) is 106 cm³/mol. The SMILES string of the molecule is C[NH+]1CCN(C(=O)c2cc(S(=O)(=O)Nc3ccc(Cl)cc3)ccc2Cl)CC1. The van der Waals surface area contributed by atoms with Crippen LogP contribution in [0.15, 0.2) is 47.4 Å². The molecular formula is C18H20Cl2N3O3S+. The minimum Gasteiger partial charge on any atom is -0.334 e. The van der Waals surface area contributed by atoms with Gasteiger partial charge in [-0.3, -0.25) is 9.52 Å². The summed E-state index contributed by atoms with van der Waals surface area (Å²) in [7, 11) is -1.79. The van der Waals surface area contributed by atoms with Crippen molar-refractivity contribution in [2.75, 3.05) is 37.9 Å². The third kappa shape index (κ3) is 4.73. The summed E-state index contributed by atoms with van der Waals surface area (Å²) in [6, 6.07) is 10.5. The van der Waals surface area contributed by atoms with E-state index >= 15 is 0 Å². The van der Waals surface area contributed by atoms with E-state index in [1.165, 1.54) is 23.1 Å². The lowest BCUT2D eigenvalue weighted by molar-refractivity contribution is -0.883. The molecule has 0 aliphatic carbocycles. The van der Waals surface area contributed by atoms with Crippen molar-refractivity contribution in [3.63, 3.8) is 0 Å². The molecule has 1 saturated heterocycles. The Bertz CT molecular complexity index is 941. The van der Waals surface area contributed by atoms with Gasteiger partial charge >= 0.3 is 0 Å². The summed E-state index contributed by atoms with van der Waals surface area (Å²) in [5, 5.41) is 0.739. The van der Waals surface area contributed by atoms with Gasteiger partial charge in [-0.25, -0.2) is 8.42 Å². The quantitative estimate of drug-likeness (QED) is 0.779. The summed E-state index contributed by atoms with van der Waals surface area (Å²) < 4.78 is 27.8. The number of sulfonamides is 1. The van der Waals surface area contributed by atoms with Gasteiger partial charge in [0.25, 0.3) is 15.9 Å². The fourth-order valence-electron chi connectivity index (χ4n) is 2.83. The van der Waals surface area contributed by atoms with E-state index in [0.29, 0.717) is 23.8 Å². The van der Waals surface area contributed by atoms with E-state index in [1.807, 2.05) is 0 Å². The smallest absolute Gasteiger partial charge is 0.261 e. The molecule has 3 rings (SSSR count). The predicted octanol–water partition coefficient (Wildman–Crippen LogP) is 1.76. The van der Waals surface area contributed by atoms with Crippen LogP contribution in [0.25, 0.3) is 0 Å². The molecule has 6 nitrogen and oxygen atoms in total. The molecule has 1 amide bonds. The van der Waals surface area contributed by atoms with Gasteiger partial charge in [0.2, 0.25) is 0 Å². The van der Waals surface area contributed by atoms with E-state index in [9.17, 15) is 13.2 Å². The monoisotopic (exact) mass is 428 g/mol. The molecule has 0 spiro atoms. The normalized spacial score (nSPS) is 15.6. The molecule has 0 saturated carbocycles. The Morgan fingerprint density at radius 2 is 1.70 bits per heavy atom. The van der Waals surface area contributed by atoms with Gasteiger partial charge < -0.3 is 9.80 Å². The summed E-state index contributed by atoms with van der Waals surface area (Å²) >= 11 is 12.0. The number of rotatable bonds is 4. The number of likely N-dealkylation sites (N-methyl/N-ethyl adjacent to an activating group) is 1. The first kappa shape index (κ1) is 19.9. The number of nitrogens with zero attached hydrogens (tertiary/aromatic N) is 1. The number of quaternary nitrogens is 1. The number of piperazine rings is 1. The molecule has 0 unspecified atom stereocenters. The Labute approximate surface area is 168 Å². The molecule has 2 aromatic rings. The number of nitrogens with one attached hydrogen (secondary N) is 2. The van der Waals surface area contributed by atoms with E-state index < -0.39 is 10.0 Å². The average molecular weight is 429 g/mol. The van der Waals surface area contributed by atoms with Crippen LogP contribution in [0.1, 0.15) is 10.4 Å². The van der Waals surface area contributed by atoms with Crippen LogP contribution < -0.4 is 9.62 Å². The fraction of sp³-hybridized carbons (Fsp3) is 0.278. The molecule has 0 atom stereocenters. The second-order valence-electron chi connectivity index (χ2n) is 6.50. The molecule has 9 heteroatoms. The Morgan fingerprint density at radius 1 is 1.07 bits per heavy atom. The van der Waals surface area contributed by atoms with Crippen molar-refractivity contribution in [2.24, 2.45) is 0 Å². The zero-order valence-corrected chi connectivity index (χ0v) is 17.0. The lowest BCUT2D eigenvalue weighted by Gasteiger charge is -2.30. The van der Waals surface area contributed by atoms with Crippen molar-refractivity contribution in [3.05, 3.63) is 58.1 Å². The molecule has 0 aromatic heterocycles. The number of hydrogen-bond acceptors (Lipinski definition) is 3. The van der Waals surface area contributed by atoms with Crippen LogP contribution in [0.4, 0.5) is 5.69 Å². The molecule has 0 bridgehead atoms. The summed E-state index contributed by atoms with van der Waals surface area (Å²) in [5.74, 6) is -0.254. The number of carbonyl (C=O) groups is 1. The number of amides is 1.